The molecule has 8 heteroatoms. The number of rotatable bonds is 4. The third kappa shape index (κ3) is 3.83. The Hall–Kier alpha value is -2.61. The predicted octanol–water partition coefficient (Wildman–Crippen LogP) is 2.69. The number of benzene rings is 2. The third-order valence-corrected chi connectivity index (χ3v) is 3.65. The van der Waals surface area contributed by atoms with Crippen molar-refractivity contribution in [2.75, 3.05) is 18.7 Å². The summed E-state index contributed by atoms with van der Waals surface area (Å²) in [6.45, 7) is -0.104. The van der Waals surface area contributed by atoms with Gasteiger partial charge in [-0.25, -0.2) is 4.39 Å². The number of hydrogen-bond acceptors (Lipinski definition) is 4. The Labute approximate surface area is 145 Å². The minimum atomic E-state index is -0.545. The molecule has 124 valence electrons. The van der Waals surface area contributed by atoms with Crippen molar-refractivity contribution in [2.45, 2.75) is 0 Å². The number of anilines is 1. The van der Waals surface area contributed by atoms with Crippen molar-refractivity contribution in [1.29, 1.82) is 0 Å². The summed E-state index contributed by atoms with van der Waals surface area (Å²) in [7, 11) is 0. The molecule has 0 aliphatic carbocycles. The lowest BCUT2D eigenvalue weighted by Crippen LogP contribution is -2.32. The van der Waals surface area contributed by atoms with E-state index in [-0.39, 0.29) is 18.9 Å². The molecular formula is C16H12BrFN2O4. The summed E-state index contributed by atoms with van der Waals surface area (Å²) < 4.78 is 24.1. The molecule has 2 aromatic rings. The maximum atomic E-state index is 13.3. The molecule has 0 spiro atoms. The average Bonchev–Trinajstić information content (AvgIpc) is 2.99. The highest BCUT2D eigenvalue weighted by Gasteiger charge is 2.15. The quantitative estimate of drug-likeness (QED) is 0.835. The van der Waals surface area contributed by atoms with Crippen LogP contribution in [0, 0.1) is 5.82 Å². The Bertz CT molecular complexity index is 792. The first-order valence-corrected chi connectivity index (χ1v) is 7.74. The monoisotopic (exact) mass is 394 g/mol. The van der Waals surface area contributed by atoms with Gasteiger partial charge in [-0.2, -0.15) is 0 Å². The molecule has 3 rings (SSSR count). The highest BCUT2D eigenvalue weighted by molar-refractivity contribution is 9.10. The molecule has 0 saturated carbocycles. The Morgan fingerprint density at radius 2 is 1.92 bits per heavy atom. The SMILES string of the molecule is O=C(CNC(=O)c1cc(F)cc(Br)c1)Nc1ccc2c(c1)OCO2. The third-order valence-electron chi connectivity index (χ3n) is 3.19. The lowest BCUT2D eigenvalue weighted by Gasteiger charge is -2.08. The van der Waals surface area contributed by atoms with Gasteiger partial charge >= 0.3 is 0 Å². The van der Waals surface area contributed by atoms with Crippen LogP contribution in [0.25, 0.3) is 0 Å². The number of nitrogens with one attached hydrogen (secondary N) is 2. The molecule has 0 saturated heterocycles. The topological polar surface area (TPSA) is 76.7 Å². The van der Waals surface area contributed by atoms with E-state index >= 15 is 0 Å². The van der Waals surface area contributed by atoms with E-state index < -0.39 is 17.6 Å². The van der Waals surface area contributed by atoms with Gasteiger partial charge in [0.25, 0.3) is 5.91 Å². The van der Waals surface area contributed by atoms with Gasteiger partial charge in [-0.05, 0) is 30.3 Å². The molecule has 6 nitrogen and oxygen atoms in total. The first-order chi connectivity index (χ1) is 11.5. The van der Waals surface area contributed by atoms with Crippen molar-refractivity contribution >= 4 is 33.4 Å². The Morgan fingerprint density at radius 3 is 2.71 bits per heavy atom. The maximum absolute atomic E-state index is 13.3. The summed E-state index contributed by atoms with van der Waals surface area (Å²) in [5, 5.41) is 5.06. The number of carbonyl (C=O) groups is 2. The predicted molar refractivity (Wildman–Crippen MR) is 87.6 cm³/mol. The summed E-state index contributed by atoms with van der Waals surface area (Å²) in [5.74, 6) is -0.354. The Kier molecular flexibility index (Phi) is 4.66. The van der Waals surface area contributed by atoms with Crippen molar-refractivity contribution in [3.63, 3.8) is 0 Å². The van der Waals surface area contributed by atoms with Gasteiger partial charge in [-0.3, -0.25) is 9.59 Å². The van der Waals surface area contributed by atoms with Crippen LogP contribution in [0.3, 0.4) is 0 Å². The van der Waals surface area contributed by atoms with Gasteiger partial charge in [0, 0.05) is 21.8 Å². The molecule has 0 fully saturated rings. The van der Waals surface area contributed by atoms with Crippen molar-refractivity contribution in [2.24, 2.45) is 0 Å². The number of amides is 2. The second-order valence-corrected chi connectivity index (χ2v) is 5.87. The minimum absolute atomic E-state index is 0.123. The molecule has 2 N–H and O–H groups in total. The molecular weight excluding hydrogens is 383 g/mol. The van der Waals surface area contributed by atoms with Gasteiger partial charge in [0.15, 0.2) is 11.5 Å². The summed E-state index contributed by atoms with van der Waals surface area (Å²) in [4.78, 5) is 23.8. The van der Waals surface area contributed by atoms with Gasteiger partial charge < -0.3 is 20.1 Å². The zero-order valence-corrected chi connectivity index (χ0v) is 13.9. The van der Waals surface area contributed by atoms with E-state index in [0.29, 0.717) is 21.7 Å². The van der Waals surface area contributed by atoms with Crippen molar-refractivity contribution in [3.8, 4) is 11.5 Å². The van der Waals surface area contributed by atoms with Crippen LogP contribution < -0.4 is 20.1 Å². The van der Waals surface area contributed by atoms with Crippen LogP contribution in [0.2, 0.25) is 0 Å². The molecule has 0 atom stereocenters. The van der Waals surface area contributed by atoms with E-state index in [9.17, 15) is 14.0 Å². The minimum Gasteiger partial charge on any atom is -0.454 e. The fourth-order valence-corrected chi connectivity index (χ4v) is 2.59. The van der Waals surface area contributed by atoms with Gasteiger partial charge in [0.1, 0.15) is 5.82 Å². The maximum Gasteiger partial charge on any atom is 0.251 e. The number of ether oxygens (including phenoxy) is 2. The lowest BCUT2D eigenvalue weighted by molar-refractivity contribution is -0.115. The second-order valence-electron chi connectivity index (χ2n) is 4.96. The van der Waals surface area contributed by atoms with Crippen molar-refractivity contribution < 1.29 is 23.5 Å². The van der Waals surface area contributed by atoms with E-state index in [4.69, 9.17) is 9.47 Å². The summed E-state index contributed by atoms with van der Waals surface area (Å²) in [6.07, 6.45) is 0. The zero-order valence-electron chi connectivity index (χ0n) is 12.3. The first kappa shape index (κ1) is 16.3. The van der Waals surface area contributed by atoms with E-state index in [2.05, 4.69) is 26.6 Å². The number of fused-ring (bicyclic) bond motifs is 1. The first-order valence-electron chi connectivity index (χ1n) is 6.95. The van der Waals surface area contributed by atoms with E-state index in [1.807, 2.05) is 0 Å². The van der Waals surface area contributed by atoms with E-state index in [0.717, 1.165) is 6.07 Å². The number of hydrogen-bond donors (Lipinski definition) is 2. The summed E-state index contributed by atoms with van der Waals surface area (Å²) in [5.41, 5.74) is 0.643. The standard InChI is InChI=1S/C16H12BrFN2O4/c17-10-3-9(4-11(18)5-10)16(22)19-7-15(21)20-12-1-2-13-14(6-12)24-8-23-13/h1-6H,7-8H2,(H,19,22)(H,20,21). The average molecular weight is 395 g/mol. The molecule has 2 amide bonds. The normalized spacial score (nSPS) is 11.9. The summed E-state index contributed by atoms with van der Waals surface area (Å²) >= 11 is 3.11. The molecule has 2 aromatic carbocycles. The molecule has 0 unspecified atom stereocenters. The van der Waals surface area contributed by atoms with Crippen molar-refractivity contribution in [1.82, 2.24) is 5.32 Å². The van der Waals surface area contributed by atoms with Crippen LogP contribution in [0.1, 0.15) is 10.4 Å². The fourth-order valence-electron chi connectivity index (χ4n) is 2.13. The number of carbonyl (C=O) groups excluding carboxylic acids is 2. The van der Waals surface area contributed by atoms with Crippen LogP contribution in [0.15, 0.2) is 40.9 Å². The van der Waals surface area contributed by atoms with Crippen LogP contribution in [-0.4, -0.2) is 25.2 Å². The zero-order chi connectivity index (χ0) is 17.1. The summed E-state index contributed by atoms with van der Waals surface area (Å²) in [6, 6.07) is 8.77. The lowest BCUT2D eigenvalue weighted by atomic mass is 10.2. The molecule has 1 aliphatic rings. The van der Waals surface area contributed by atoms with Gasteiger partial charge in [-0.1, -0.05) is 15.9 Å². The fraction of sp³-hybridized carbons (Fsp3) is 0.125. The highest BCUT2D eigenvalue weighted by atomic mass is 79.9. The van der Waals surface area contributed by atoms with Gasteiger partial charge in [-0.15, -0.1) is 0 Å². The molecule has 0 radical (unpaired) electrons. The molecule has 1 aliphatic heterocycles. The second kappa shape index (κ2) is 6.88. The molecule has 0 aromatic heterocycles. The van der Waals surface area contributed by atoms with Crippen molar-refractivity contribution in [3.05, 3.63) is 52.3 Å². The smallest absolute Gasteiger partial charge is 0.251 e. The Morgan fingerprint density at radius 1 is 1.12 bits per heavy atom. The Balaban J connectivity index is 1.56. The van der Waals surface area contributed by atoms with Crippen LogP contribution >= 0.6 is 15.9 Å². The number of halogens is 2. The highest BCUT2D eigenvalue weighted by Crippen LogP contribution is 2.34. The molecule has 24 heavy (non-hydrogen) atoms. The van der Waals surface area contributed by atoms with Gasteiger partial charge in [0.2, 0.25) is 12.7 Å². The van der Waals surface area contributed by atoms with Crippen LogP contribution in [0.5, 0.6) is 11.5 Å². The largest absolute Gasteiger partial charge is 0.454 e. The van der Waals surface area contributed by atoms with Crippen LogP contribution in [-0.2, 0) is 4.79 Å². The molecule has 1 heterocycles. The van der Waals surface area contributed by atoms with Crippen LogP contribution in [0.4, 0.5) is 10.1 Å². The van der Waals surface area contributed by atoms with Gasteiger partial charge in [0.05, 0.1) is 6.54 Å². The van der Waals surface area contributed by atoms with E-state index in [1.165, 1.54) is 12.1 Å². The molecule has 0 bridgehead atoms. The van der Waals surface area contributed by atoms with E-state index in [1.54, 1.807) is 18.2 Å².